The number of fused-ring (bicyclic) bond motifs is 4. The minimum atomic E-state index is 0. The molecule has 0 unspecified atom stereocenters. The molecule has 50 heavy (non-hydrogen) atoms. The molecule has 0 radical (unpaired) electrons. The van der Waals surface area contributed by atoms with Gasteiger partial charge >= 0.3 is 21.1 Å². The number of anilines is 5. The molecule has 3 aromatic carbocycles. The number of aryl methyl sites for hydroxylation is 4. The van der Waals surface area contributed by atoms with Gasteiger partial charge in [0.05, 0.1) is 5.69 Å². The van der Waals surface area contributed by atoms with Crippen molar-refractivity contribution in [2.24, 2.45) is 0 Å². The fourth-order valence-corrected chi connectivity index (χ4v) is 6.57. The predicted molar refractivity (Wildman–Crippen MR) is 202 cm³/mol. The maximum Gasteiger partial charge on any atom is 4.00 e. The van der Waals surface area contributed by atoms with Crippen LogP contribution in [0.5, 0.6) is 0 Å². The van der Waals surface area contributed by atoms with E-state index in [1.807, 2.05) is 81.4 Å². The topological polar surface area (TPSA) is 74.5 Å². The molecule has 8 nitrogen and oxygen atoms in total. The quantitative estimate of drug-likeness (QED) is 0.167. The van der Waals surface area contributed by atoms with E-state index >= 15 is 0 Å². The van der Waals surface area contributed by atoms with Gasteiger partial charge in [0.25, 0.3) is 0 Å². The molecular formula is C41H38N8Pt. The van der Waals surface area contributed by atoms with Crippen LogP contribution in [0.25, 0.3) is 32.9 Å². The first-order valence-electron chi connectivity index (χ1n) is 16.2. The molecular weight excluding hydrogens is 800 g/mol. The number of pyridine rings is 3. The SMILES string of the molecule is Cc1cc(C)c(-c2cc(N[CH-]N(C)c3cccnc3C)[c-]c(N3[CH-]N(C)c4cccnc43)c2)c(C)c1.[Pt+4].c1ccc2c(c1)[n-]c1cnccc12. The number of hydrogen-bond acceptors (Lipinski definition) is 7. The van der Waals surface area contributed by atoms with E-state index in [4.69, 9.17) is 0 Å². The van der Waals surface area contributed by atoms with Crippen molar-refractivity contribution in [1.82, 2.24) is 19.9 Å². The summed E-state index contributed by atoms with van der Waals surface area (Å²) in [5.74, 6) is 0.892. The molecule has 1 aliphatic rings. The molecule has 0 saturated carbocycles. The molecule has 5 heterocycles. The second-order valence-corrected chi connectivity index (χ2v) is 12.4. The smallest absolute Gasteiger partial charge is 0.656 e. The third kappa shape index (κ3) is 6.94. The zero-order valence-electron chi connectivity index (χ0n) is 28.9. The third-order valence-electron chi connectivity index (χ3n) is 8.75. The maximum atomic E-state index is 4.66. The van der Waals surface area contributed by atoms with E-state index < -0.39 is 0 Å². The second-order valence-electron chi connectivity index (χ2n) is 12.4. The average molecular weight is 838 g/mol. The van der Waals surface area contributed by atoms with Crippen LogP contribution >= 0.6 is 0 Å². The Morgan fingerprint density at radius 1 is 0.840 bits per heavy atom. The molecule has 1 aliphatic heterocycles. The molecule has 252 valence electrons. The molecule has 0 saturated heterocycles. The van der Waals surface area contributed by atoms with Gasteiger partial charge < -0.3 is 25.0 Å². The van der Waals surface area contributed by atoms with Gasteiger partial charge in [-0.05, 0) is 99.6 Å². The van der Waals surface area contributed by atoms with E-state index in [-0.39, 0.29) is 21.1 Å². The van der Waals surface area contributed by atoms with Gasteiger partial charge in [-0.15, -0.1) is 46.2 Å². The van der Waals surface area contributed by atoms with Crippen LogP contribution in [0.3, 0.4) is 0 Å². The molecule has 1 N–H and O–H groups in total. The number of rotatable bonds is 6. The number of para-hydroxylation sites is 1. The minimum absolute atomic E-state index is 0. The van der Waals surface area contributed by atoms with E-state index in [1.165, 1.54) is 33.0 Å². The molecule has 8 rings (SSSR count). The Morgan fingerprint density at radius 2 is 1.58 bits per heavy atom. The van der Waals surface area contributed by atoms with Crippen LogP contribution in [-0.4, -0.2) is 29.0 Å². The Labute approximate surface area is 308 Å². The number of benzene rings is 3. The summed E-state index contributed by atoms with van der Waals surface area (Å²) < 4.78 is 0. The molecule has 7 aromatic rings. The normalized spacial score (nSPS) is 12.0. The summed E-state index contributed by atoms with van der Waals surface area (Å²) in [6.07, 6.45) is 7.24. The first kappa shape index (κ1) is 34.7. The van der Waals surface area contributed by atoms with Crippen LogP contribution in [-0.2, 0) is 21.1 Å². The van der Waals surface area contributed by atoms with Crippen molar-refractivity contribution in [2.45, 2.75) is 27.7 Å². The molecule has 0 aliphatic carbocycles. The van der Waals surface area contributed by atoms with Crippen LogP contribution in [0, 0.1) is 47.1 Å². The van der Waals surface area contributed by atoms with Crippen molar-refractivity contribution >= 4 is 50.4 Å². The number of hydrogen-bond donors (Lipinski definition) is 1. The van der Waals surface area contributed by atoms with Gasteiger partial charge in [0.2, 0.25) is 0 Å². The first-order valence-corrected chi connectivity index (χ1v) is 16.2. The number of nitrogens with zero attached hydrogens (tertiary/aromatic N) is 7. The monoisotopic (exact) mass is 837 g/mol. The molecule has 0 fully saturated rings. The van der Waals surface area contributed by atoms with E-state index in [1.54, 1.807) is 12.4 Å². The van der Waals surface area contributed by atoms with Crippen LogP contribution in [0.4, 0.5) is 28.6 Å². The van der Waals surface area contributed by atoms with Gasteiger partial charge in [0.15, 0.2) is 0 Å². The summed E-state index contributed by atoms with van der Waals surface area (Å²) in [6.45, 7) is 12.5. The van der Waals surface area contributed by atoms with Gasteiger partial charge in [-0.25, -0.2) is 4.98 Å². The minimum Gasteiger partial charge on any atom is -0.656 e. The molecule has 4 aromatic heterocycles. The van der Waals surface area contributed by atoms with E-state index in [2.05, 4.69) is 111 Å². The van der Waals surface area contributed by atoms with Crippen molar-refractivity contribution in [1.29, 1.82) is 0 Å². The maximum absolute atomic E-state index is 4.66. The van der Waals surface area contributed by atoms with Gasteiger partial charge in [0.1, 0.15) is 5.82 Å². The molecule has 0 amide bonds. The van der Waals surface area contributed by atoms with Crippen LogP contribution < -0.4 is 25.0 Å². The summed E-state index contributed by atoms with van der Waals surface area (Å²) in [5, 5.41) is 5.87. The Balaban J connectivity index is 0.000000256. The third-order valence-corrected chi connectivity index (χ3v) is 8.75. The van der Waals surface area contributed by atoms with Crippen molar-refractivity contribution < 1.29 is 21.1 Å². The van der Waals surface area contributed by atoms with Gasteiger partial charge in [-0.3, -0.25) is 9.97 Å². The van der Waals surface area contributed by atoms with E-state index in [9.17, 15) is 0 Å². The second kappa shape index (κ2) is 14.7. The van der Waals surface area contributed by atoms with Crippen molar-refractivity contribution in [2.75, 3.05) is 34.1 Å². The van der Waals surface area contributed by atoms with E-state index in [0.717, 1.165) is 50.9 Å². The van der Waals surface area contributed by atoms with Gasteiger partial charge in [-0.2, -0.15) is 13.3 Å². The predicted octanol–water partition coefficient (Wildman–Crippen LogP) is 8.89. The number of nitrogens with one attached hydrogen (secondary N) is 1. The van der Waals surface area contributed by atoms with Crippen molar-refractivity contribution in [3.05, 3.63) is 145 Å². The van der Waals surface area contributed by atoms with Crippen LogP contribution in [0.2, 0.25) is 0 Å². The average Bonchev–Trinajstić information content (AvgIpc) is 3.65. The molecule has 0 spiro atoms. The Bertz CT molecular complexity index is 2210. The summed E-state index contributed by atoms with van der Waals surface area (Å²) in [7, 11) is 4.05. The van der Waals surface area contributed by atoms with Crippen molar-refractivity contribution in [3.8, 4) is 11.1 Å². The molecule has 9 heteroatoms. The van der Waals surface area contributed by atoms with Crippen LogP contribution in [0.1, 0.15) is 22.4 Å². The summed E-state index contributed by atoms with van der Waals surface area (Å²) >= 11 is 0. The van der Waals surface area contributed by atoms with Gasteiger partial charge in [-0.1, -0.05) is 42.0 Å². The Kier molecular flexibility index (Phi) is 10.2. The van der Waals surface area contributed by atoms with Crippen molar-refractivity contribution in [3.63, 3.8) is 0 Å². The first-order chi connectivity index (χ1) is 23.8. The Hall–Kier alpha value is -5.20. The molecule has 0 atom stereocenters. The summed E-state index contributed by atoms with van der Waals surface area (Å²) in [5.41, 5.74) is 13.0. The largest absolute Gasteiger partial charge is 4.00 e. The fourth-order valence-electron chi connectivity index (χ4n) is 6.57. The number of aromatic nitrogens is 4. The zero-order chi connectivity index (χ0) is 34.1. The fraction of sp³-hybridized carbons (Fsp3) is 0.146. The standard InChI is InChI=1S/C30H31N6.C11H7N2.Pt/c1-20-13-21(2)29(22(3)14-20)24-15-25(33-18-34(5)27-9-7-11-31-23(27)4)17-26(16-24)36-19-35(6)28-10-8-12-32-30(28)36;1-2-4-10-8(3-1)9-5-6-12-7-11(9)13-10;/h7-16,18-19,33H,1-6H3;1-7H;/q-3;-1;+4. The summed E-state index contributed by atoms with van der Waals surface area (Å²) in [4.78, 5) is 23.8. The van der Waals surface area contributed by atoms with Crippen LogP contribution in [0.15, 0.2) is 104 Å². The van der Waals surface area contributed by atoms with Gasteiger partial charge in [0, 0.05) is 36.2 Å². The van der Waals surface area contributed by atoms with E-state index in [0.29, 0.717) is 0 Å². The Morgan fingerprint density at radius 3 is 2.38 bits per heavy atom. The zero-order valence-corrected chi connectivity index (χ0v) is 31.2. The molecule has 0 bridgehead atoms. The summed E-state index contributed by atoms with van der Waals surface area (Å²) in [6, 6.07) is 30.6.